The Morgan fingerprint density at radius 3 is 2.78 bits per heavy atom. The Kier molecular flexibility index (Phi) is 6.33. The van der Waals surface area contributed by atoms with Crippen molar-refractivity contribution in [2.45, 2.75) is 18.9 Å². The highest BCUT2D eigenvalue weighted by molar-refractivity contribution is 7.86. The van der Waals surface area contributed by atoms with E-state index in [1.807, 2.05) is 18.2 Å². The van der Waals surface area contributed by atoms with E-state index in [1.165, 1.54) is 4.31 Å². The zero-order valence-electron chi connectivity index (χ0n) is 13.1. The third kappa shape index (κ3) is 4.38. The predicted molar refractivity (Wildman–Crippen MR) is 95.3 cm³/mol. The molecule has 2 aliphatic rings. The summed E-state index contributed by atoms with van der Waals surface area (Å²) in [7, 11) is -1.76. The molecule has 1 aromatic carbocycles. The van der Waals surface area contributed by atoms with Crippen LogP contribution in [0.4, 0.5) is 0 Å². The Balaban J connectivity index is 0.00000192. The third-order valence-corrected chi connectivity index (χ3v) is 6.53. The lowest BCUT2D eigenvalue weighted by Gasteiger charge is -2.37. The summed E-state index contributed by atoms with van der Waals surface area (Å²) < 4.78 is 28.9. The van der Waals surface area contributed by atoms with Gasteiger partial charge in [0.1, 0.15) is 0 Å². The third-order valence-electron chi connectivity index (χ3n) is 4.33. The molecule has 0 aromatic heterocycles. The molecule has 1 atom stereocenters. The highest BCUT2D eigenvalue weighted by atomic mass is 35.5. The van der Waals surface area contributed by atoms with E-state index in [2.05, 4.69) is 5.32 Å². The number of halogens is 2. The minimum Gasteiger partial charge on any atom is -0.313 e. The van der Waals surface area contributed by atoms with Crippen molar-refractivity contribution in [1.29, 1.82) is 0 Å². The second kappa shape index (κ2) is 7.68. The molecular formula is C15H23Cl2N3O2S. The summed E-state index contributed by atoms with van der Waals surface area (Å²) in [5, 5.41) is 3.91. The molecule has 2 fully saturated rings. The second-order valence-corrected chi connectivity index (χ2v) is 8.54. The maximum absolute atomic E-state index is 12.9. The molecule has 5 nitrogen and oxygen atoms in total. The summed E-state index contributed by atoms with van der Waals surface area (Å²) in [6.07, 6.45) is 2.28. The average Bonchev–Trinajstić information content (AvgIpc) is 3.31. The van der Waals surface area contributed by atoms with Gasteiger partial charge in [-0.05, 0) is 36.5 Å². The van der Waals surface area contributed by atoms with Crippen molar-refractivity contribution in [3.8, 4) is 0 Å². The van der Waals surface area contributed by atoms with E-state index in [0.29, 0.717) is 37.1 Å². The van der Waals surface area contributed by atoms with Gasteiger partial charge in [-0.15, -0.1) is 12.4 Å². The minimum absolute atomic E-state index is 0. The highest BCUT2D eigenvalue weighted by Crippen LogP contribution is 2.32. The molecule has 1 saturated carbocycles. The highest BCUT2D eigenvalue weighted by Gasteiger charge is 2.37. The van der Waals surface area contributed by atoms with Crippen LogP contribution in [0.25, 0.3) is 0 Å². The van der Waals surface area contributed by atoms with Gasteiger partial charge < -0.3 is 5.32 Å². The van der Waals surface area contributed by atoms with E-state index in [9.17, 15) is 8.42 Å². The van der Waals surface area contributed by atoms with Crippen LogP contribution in [-0.4, -0.2) is 50.3 Å². The summed E-state index contributed by atoms with van der Waals surface area (Å²) >= 11 is 6.07. The van der Waals surface area contributed by atoms with Gasteiger partial charge in [-0.25, -0.2) is 0 Å². The van der Waals surface area contributed by atoms with Gasteiger partial charge in [0, 0.05) is 38.2 Å². The normalized spacial score (nSPS) is 22.8. The lowest BCUT2D eigenvalue weighted by molar-refractivity contribution is 0.251. The fraction of sp³-hybridized carbons (Fsp3) is 0.600. The number of nitrogens with zero attached hydrogens (tertiary/aromatic N) is 2. The van der Waals surface area contributed by atoms with Crippen LogP contribution in [0.1, 0.15) is 24.4 Å². The van der Waals surface area contributed by atoms with Gasteiger partial charge in [0.2, 0.25) is 0 Å². The Labute approximate surface area is 149 Å². The molecule has 3 rings (SSSR count). The van der Waals surface area contributed by atoms with Gasteiger partial charge in [0.05, 0.1) is 6.04 Å². The fourth-order valence-corrected chi connectivity index (χ4v) is 4.69. The Bertz CT molecular complexity index is 637. The molecule has 0 spiro atoms. The van der Waals surface area contributed by atoms with Crippen LogP contribution in [0.3, 0.4) is 0 Å². The van der Waals surface area contributed by atoms with E-state index >= 15 is 0 Å². The van der Waals surface area contributed by atoms with E-state index in [1.54, 1.807) is 17.4 Å². The van der Waals surface area contributed by atoms with Crippen molar-refractivity contribution in [2.75, 3.05) is 33.2 Å². The van der Waals surface area contributed by atoms with Gasteiger partial charge in [0.25, 0.3) is 10.2 Å². The summed E-state index contributed by atoms with van der Waals surface area (Å²) in [5.74, 6) is 0.535. The summed E-state index contributed by atoms with van der Waals surface area (Å²) in [5.41, 5.74) is 0.933. The standard InChI is InChI=1S/C15H22ClN3O2S.ClH/c1-18(11-12-5-6-12)22(20,21)19-8-7-17-10-15(19)13-3-2-4-14(16)9-13;/h2-4,9,12,15,17H,5-8,10-11H2,1H3;1H. The van der Waals surface area contributed by atoms with Crippen molar-refractivity contribution in [3.05, 3.63) is 34.9 Å². The molecule has 8 heteroatoms. The lowest BCUT2D eigenvalue weighted by Crippen LogP contribution is -2.52. The fourth-order valence-electron chi connectivity index (χ4n) is 2.90. The van der Waals surface area contributed by atoms with Gasteiger partial charge in [-0.1, -0.05) is 23.7 Å². The quantitative estimate of drug-likeness (QED) is 0.853. The molecule has 1 unspecified atom stereocenters. The minimum atomic E-state index is -3.44. The number of hydrogen-bond acceptors (Lipinski definition) is 3. The molecule has 130 valence electrons. The van der Waals surface area contributed by atoms with Crippen molar-refractivity contribution in [2.24, 2.45) is 5.92 Å². The first-order chi connectivity index (χ1) is 10.5. The molecule has 1 heterocycles. The predicted octanol–water partition coefficient (Wildman–Crippen LogP) is 2.29. The largest absolute Gasteiger partial charge is 0.313 e. The van der Waals surface area contributed by atoms with Crippen LogP contribution >= 0.6 is 24.0 Å². The monoisotopic (exact) mass is 379 g/mol. The molecule has 1 aliphatic carbocycles. The molecule has 23 heavy (non-hydrogen) atoms. The van der Waals surface area contributed by atoms with Crippen LogP contribution in [0.2, 0.25) is 5.02 Å². The van der Waals surface area contributed by atoms with E-state index < -0.39 is 10.2 Å². The first-order valence-electron chi connectivity index (χ1n) is 7.68. The van der Waals surface area contributed by atoms with Crippen molar-refractivity contribution >= 4 is 34.2 Å². The number of benzene rings is 1. The maximum Gasteiger partial charge on any atom is 0.282 e. The molecule has 1 aliphatic heterocycles. The van der Waals surface area contributed by atoms with Crippen LogP contribution in [0.5, 0.6) is 0 Å². The number of hydrogen-bond donors (Lipinski definition) is 1. The van der Waals surface area contributed by atoms with Crippen molar-refractivity contribution in [3.63, 3.8) is 0 Å². The first-order valence-corrected chi connectivity index (χ1v) is 9.45. The summed E-state index contributed by atoms with van der Waals surface area (Å²) in [6.45, 7) is 2.38. The lowest BCUT2D eigenvalue weighted by atomic mass is 10.1. The molecule has 1 aromatic rings. The molecule has 0 amide bonds. The van der Waals surface area contributed by atoms with Gasteiger partial charge in [0.15, 0.2) is 0 Å². The van der Waals surface area contributed by atoms with Gasteiger partial charge in [-0.3, -0.25) is 0 Å². The Morgan fingerprint density at radius 1 is 1.39 bits per heavy atom. The van der Waals surface area contributed by atoms with Crippen LogP contribution in [0.15, 0.2) is 24.3 Å². The zero-order chi connectivity index (χ0) is 15.7. The van der Waals surface area contributed by atoms with E-state index in [0.717, 1.165) is 18.4 Å². The summed E-state index contributed by atoms with van der Waals surface area (Å²) in [4.78, 5) is 0. The van der Waals surface area contributed by atoms with Gasteiger partial charge >= 0.3 is 0 Å². The van der Waals surface area contributed by atoms with E-state index in [-0.39, 0.29) is 18.4 Å². The van der Waals surface area contributed by atoms with E-state index in [4.69, 9.17) is 11.6 Å². The molecular weight excluding hydrogens is 357 g/mol. The molecule has 0 bridgehead atoms. The average molecular weight is 380 g/mol. The molecule has 1 saturated heterocycles. The maximum atomic E-state index is 12.9. The SMILES string of the molecule is CN(CC1CC1)S(=O)(=O)N1CCNCC1c1cccc(Cl)c1.Cl. The Hall–Kier alpha value is -0.370. The smallest absolute Gasteiger partial charge is 0.282 e. The summed E-state index contributed by atoms with van der Waals surface area (Å²) in [6, 6.07) is 7.25. The van der Waals surface area contributed by atoms with Crippen molar-refractivity contribution in [1.82, 2.24) is 13.9 Å². The molecule has 1 N–H and O–H groups in total. The van der Waals surface area contributed by atoms with Crippen LogP contribution in [0, 0.1) is 5.92 Å². The van der Waals surface area contributed by atoms with Crippen LogP contribution < -0.4 is 5.32 Å². The number of piperazine rings is 1. The number of rotatable bonds is 5. The second-order valence-electron chi connectivity index (χ2n) is 6.12. The first kappa shape index (κ1) is 19.0. The molecule has 0 radical (unpaired) electrons. The van der Waals surface area contributed by atoms with Gasteiger partial charge in [-0.2, -0.15) is 17.0 Å². The van der Waals surface area contributed by atoms with Crippen LogP contribution in [-0.2, 0) is 10.2 Å². The Morgan fingerprint density at radius 2 is 2.13 bits per heavy atom. The number of nitrogens with one attached hydrogen (secondary N) is 1. The topological polar surface area (TPSA) is 52.7 Å². The zero-order valence-corrected chi connectivity index (χ0v) is 15.5. The van der Waals surface area contributed by atoms with Crippen molar-refractivity contribution < 1.29 is 8.42 Å².